The number of halogens is 2. The van der Waals surface area contributed by atoms with Crippen molar-refractivity contribution in [3.8, 4) is 0 Å². The van der Waals surface area contributed by atoms with Gasteiger partial charge in [-0.3, -0.25) is 9.59 Å². The van der Waals surface area contributed by atoms with Crippen molar-refractivity contribution in [2.45, 2.75) is 46.5 Å². The SMILES string of the molecule is CC(C)=CCC/C(C)=C/C=N/NC(=O)CCC(=O)Nc1ccc(Cl)cc1Cl. The predicted molar refractivity (Wildman–Crippen MR) is 113 cm³/mol. The number of benzene rings is 1. The average Bonchev–Trinajstić information content (AvgIpc) is 2.59. The number of carbonyl (C=O) groups is 2. The highest BCUT2D eigenvalue weighted by Crippen LogP contribution is 2.25. The van der Waals surface area contributed by atoms with E-state index in [4.69, 9.17) is 23.2 Å². The fourth-order valence-corrected chi connectivity index (χ4v) is 2.49. The Balaban J connectivity index is 2.31. The molecule has 0 aliphatic carbocycles. The zero-order valence-electron chi connectivity index (χ0n) is 15.8. The van der Waals surface area contributed by atoms with Gasteiger partial charge < -0.3 is 5.32 Å². The Morgan fingerprint density at radius 1 is 1.07 bits per heavy atom. The molecule has 5 nitrogen and oxygen atoms in total. The Morgan fingerprint density at radius 3 is 2.44 bits per heavy atom. The van der Waals surface area contributed by atoms with E-state index < -0.39 is 0 Å². The molecule has 0 saturated carbocycles. The minimum atomic E-state index is -0.334. The van der Waals surface area contributed by atoms with Gasteiger partial charge in [-0.2, -0.15) is 5.10 Å². The fraction of sp³-hybridized carbons (Fsp3) is 0.350. The third kappa shape index (κ3) is 10.6. The largest absolute Gasteiger partial charge is 0.325 e. The van der Waals surface area contributed by atoms with Crippen molar-refractivity contribution in [3.63, 3.8) is 0 Å². The van der Waals surface area contributed by atoms with Crippen molar-refractivity contribution in [2.75, 3.05) is 5.32 Å². The molecule has 1 aromatic rings. The van der Waals surface area contributed by atoms with Crippen molar-refractivity contribution >= 4 is 46.9 Å². The number of nitrogens with zero attached hydrogens (tertiary/aromatic N) is 1. The lowest BCUT2D eigenvalue weighted by molar-refractivity contribution is -0.124. The van der Waals surface area contributed by atoms with Crippen LogP contribution in [0.3, 0.4) is 0 Å². The summed E-state index contributed by atoms with van der Waals surface area (Å²) in [6.07, 6.45) is 7.56. The maximum atomic E-state index is 11.9. The summed E-state index contributed by atoms with van der Waals surface area (Å²) >= 11 is 11.8. The Morgan fingerprint density at radius 2 is 1.78 bits per heavy atom. The zero-order chi connectivity index (χ0) is 20.2. The molecule has 0 aliphatic heterocycles. The minimum absolute atomic E-state index is 0.0254. The van der Waals surface area contributed by atoms with Crippen molar-refractivity contribution < 1.29 is 9.59 Å². The van der Waals surface area contributed by atoms with E-state index in [0.717, 1.165) is 12.8 Å². The highest BCUT2D eigenvalue weighted by molar-refractivity contribution is 6.36. The van der Waals surface area contributed by atoms with Crippen LogP contribution in [-0.2, 0) is 9.59 Å². The fourth-order valence-electron chi connectivity index (χ4n) is 2.03. The number of rotatable bonds is 9. The molecule has 0 unspecified atom stereocenters. The van der Waals surface area contributed by atoms with Crippen LogP contribution in [0.2, 0.25) is 10.0 Å². The molecule has 0 atom stereocenters. The van der Waals surface area contributed by atoms with E-state index in [9.17, 15) is 9.59 Å². The van der Waals surface area contributed by atoms with Gasteiger partial charge in [0.2, 0.25) is 11.8 Å². The molecular formula is C20H25Cl2N3O2. The number of carbonyl (C=O) groups excluding carboxylic acids is 2. The number of allylic oxidation sites excluding steroid dienone is 4. The van der Waals surface area contributed by atoms with Crippen LogP contribution in [0.25, 0.3) is 0 Å². The highest BCUT2D eigenvalue weighted by atomic mass is 35.5. The summed E-state index contributed by atoms with van der Waals surface area (Å²) in [7, 11) is 0. The molecule has 0 spiro atoms. The molecular weight excluding hydrogens is 385 g/mol. The van der Waals surface area contributed by atoms with Gasteiger partial charge in [0.25, 0.3) is 0 Å². The molecule has 0 heterocycles. The van der Waals surface area contributed by atoms with Gasteiger partial charge in [-0.1, -0.05) is 40.4 Å². The number of amides is 2. The molecule has 7 heteroatoms. The van der Waals surface area contributed by atoms with Gasteiger partial charge in [-0.25, -0.2) is 5.43 Å². The van der Waals surface area contributed by atoms with Crippen LogP contribution in [-0.4, -0.2) is 18.0 Å². The van der Waals surface area contributed by atoms with Crippen LogP contribution >= 0.6 is 23.2 Å². The minimum Gasteiger partial charge on any atom is -0.325 e. The van der Waals surface area contributed by atoms with E-state index in [1.807, 2.05) is 13.0 Å². The van der Waals surface area contributed by atoms with Crippen LogP contribution in [0.5, 0.6) is 0 Å². The van der Waals surface area contributed by atoms with E-state index in [-0.39, 0.29) is 24.7 Å². The molecule has 0 aliphatic rings. The van der Waals surface area contributed by atoms with Gasteiger partial charge in [-0.15, -0.1) is 0 Å². The van der Waals surface area contributed by atoms with Gasteiger partial charge in [0, 0.05) is 24.1 Å². The first-order valence-electron chi connectivity index (χ1n) is 8.64. The molecule has 0 bridgehead atoms. The van der Waals surface area contributed by atoms with E-state index in [0.29, 0.717) is 15.7 Å². The third-order valence-corrected chi connectivity index (χ3v) is 4.05. The molecule has 146 valence electrons. The second-order valence-electron chi connectivity index (χ2n) is 6.32. The Kier molecular flexibility index (Phi) is 10.5. The Bertz CT molecular complexity index is 752. The van der Waals surface area contributed by atoms with Gasteiger partial charge >= 0.3 is 0 Å². The Labute approximate surface area is 170 Å². The second-order valence-corrected chi connectivity index (χ2v) is 7.16. The number of hydrogen-bond donors (Lipinski definition) is 2. The lowest BCUT2D eigenvalue weighted by atomic mass is 10.1. The summed E-state index contributed by atoms with van der Waals surface area (Å²) in [5.74, 6) is -0.646. The first-order valence-corrected chi connectivity index (χ1v) is 9.39. The first kappa shape index (κ1) is 22.9. The van der Waals surface area contributed by atoms with Gasteiger partial charge in [0.05, 0.1) is 10.7 Å². The van der Waals surface area contributed by atoms with Crippen molar-refractivity contribution in [1.29, 1.82) is 0 Å². The summed E-state index contributed by atoms with van der Waals surface area (Å²) in [5, 5.41) is 7.32. The molecule has 2 N–H and O–H groups in total. The summed E-state index contributed by atoms with van der Waals surface area (Å²) in [4.78, 5) is 23.6. The summed E-state index contributed by atoms with van der Waals surface area (Å²) < 4.78 is 0. The van der Waals surface area contributed by atoms with Crippen molar-refractivity contribution in [2.24, 2.45) is 5.10 Å². The normalized spacial score (nSPS) is 11.4. The topological polar surface area (TPSA) is 70.6 Å². The van der Waals surface area contributed by atoms with E-state index >= 15 is 0 Å². The molecule has 1 aromatic carbocycles. The zero-order valence-corrected chi connectivity index (χ0v) is 17.3. The Hall–Kier alpha value is -2.11. The summed E-state index contributed by atoms with van der Waals surface area (Å²) in [6.45, 7) is 6.15. The molecule has 0 aromatic heterocycles. The first-order chi connectivity index (χ1) is 12.8. The van der Waals surface area contributed by atoms with Gasteiger partial charge in [0.1, 0.15) is 0 Å². The van der Waals surface area contributed by atoms with E-state index in [1.54, 1.807) is 18.3 Å². The van der Waals surface area contributed by atoms with Crippen molar-refractivity contribution in [1.82, 2.24) is 5.43 Å². The molecule has 2 amide bonds. The van der Waals surface area contributed by atoms with E-state index in [2.05, 4.69) is 35.8 Å². The third-order valence-electron chi connectivity index (χ3n) is 3.50. The maximum Gasteiger partial charge on any atom is 0.240 e. The quantitative estimate of drug-likeness (QED) is 0.320. The lowest BCUT2D eigenvalue weighted by Gasteiger charge is -2.07. The number of anilines is 1. The van der Waals surface area contributed by atoms with Gasteiger partial charge in [0.15, 0.2) is 0 Å². The van der Waals surface area contributed by atoms with Crippen molar-refractivity contribution in [3.05, 3.63) is 51.5 Å². The van der Waals surface area contributed by atoms with Crippen LogP contribution < -0.4 is 10.7 Å². The van der Waals surface area contributed by atoms with Crippen LogP contribution in [0.4, 0.5) is 5.69 Å². The van der Waals surface area contributed by atoms with Crippen LogP contribution in [0.1, 0.15) is 46.5 Å². The molecule has 1 rings (SSSR count). The summed E-state index contributed by atoms with van der Waals surface area (Å²) in [5.41, 5.74) is 5.33. The number of hydrazone groups is 1. The van der Waals surface area contributed by atoms with Crippen LogP contribution in [0.15, 0.2) is 46.6 Å². The second kappa shape index (κ2) is 12.3. The molecule has 27 heavy (non-hydrogen) atoms. The molecule has 0 fully saturated rings. The lowest BCUT2D eigenvalue weighted by Crippen LogP contribution is -2.20. The predicted octanol–water partition coefficient (Wildman–Crippen LogP) is 5.51. The average molecular weight is 410 g/mol. The maximum absolute atomic E-state index is 11.9. The monoisotopic (exact) mass is 409 g/mol. The number of nitrogens with one attached hydrogen (secondary N) is 2. The van der Waals surface area contributed by atoms with Crippen LogP contribution in [0, 0.1) is 0 Å². The molecule has 0 saturated heterocycles. The van der Waals surface area contributed by atoms with Gasteiger partial charge in [-0.05, 0) is 57.9 Å². The molecule has 0 radical (unpaired) electrons. The number of hydrogen-bond acceptors (Lipinski definition) is 3. The highest BCUT2D eigenvalue weighted by Gasteiger charge is 2.09. The smallest absolute Gasteiger partial charge is 0.240 e. The standard InChI is InChI=1S/C20H25Cl2N3O2/c1-14(2)5-4-6-15(3)11-12-23-25-20(27)10-9-19(26)24-18-8-7-16(21)13-17(18)22/h5,7-8,11-13H,4,6,9-10H2,1-3H3,(H,24,26)(H,25,27)/b15-11+,23-12+. The summed E-state index contributed by atoms with van der Waals surface area (Å²) in [6, 6.07) is 4.77. The van der Waals surface area contributed by atoms with E-state index in [1.165, 1.54) is 17.2 Å².